The Bertz CT molecular complexity index is 445. The Balaban J connectivity index is 0.00000484. The minimum Gasteiger partial charge on any atom is -0.349 e. The summed E-state index contributed by atoms with van der Waals surface area (Å²) in [5.41, 5.74) is -1.27. The van der Waals surface area contributed by atoms with E-state index in [0.29, 0.717) is 12.8 Å². The van der Waals surface area contributed by atoms with Gasteiger partial charge in [0.1, 0.15) is 5.54 Å². The number of hydrogen-bond acceptors (Lipinski definition) is 2. The molecule has 4 nitrogen and oxygen atoms in total. The maximum atomic E-state index is 13.0. The van der Waals surface area contributed by atoms with Gasteiger partial charge in [0.15, 0.2) is 0 Å². The molecule has 2 amide bonds. The first kappa shape index (κ1) is 22.3. The fraction of sp³-hybridized carbons (Fsp3) is 0.667. The predicted molar refractivity (Wildman–Crippen MR) is 89.7 cm³/mol. The average molecular weight is 313 g/mol. The van der Waals surface area contributed by atoms with Crippen LogP contribution in [0.3, 0.4) is 0 Å². The first-order valence-corrected chi connectivity index (χ1v) is 7.92. The van der Waals surface area contributed by atoms with Crippen LogP contribution < -0.4 is 29.5 Å². The summed E-state index contributed by atoms with van der Waals surface area (Å²) < 4.78 is 0. The molecule has 0 bridgehead atoms. The number of amides is 2. The topological polar surface area (TPSA) is 58.2 Å². The molecular formula is C18H30LiN2O2-. The van der Waals surface area contributed by atoms with Crippen molar-refractivity contribution in [1.82, 2.24) is 10.6 Å². The standard InChI is InChI=1S/C18H30N2O2.Li/c1-8-10-15-12(3)14(9-2)11-18(15,19-13(4)21)16(22)20-17(5,6)7;/h8-9,12,14-15H,1,3,10-11H2,2,4-7H3,(H,19,21)(H,20,22);/q-2;+1/t12?,14-,15?,18?;/m1./s1. The zero-order valence-electron chi connectivity index (χ0n) is 15.5. The third-order valence-corrected chi connectivity index (χ3v) is 4.40. The molecule has 23 heavy (non-hydrogen) atoms. The third-order valence-electron chi connectivity index (χ3n) is 4.40. The molecule has 0 aromatic rings. The van der Waals surface area contributed by atoms with E-state index in [1.165, 1.54) is 6.92 Å². The van der Waals surface area contributed by atoms with E-state index in [1.54, 1.807) is 0 Å². The van der Waals surface area contributed by atoms with Crippen molar-refractivity contribution in [2.75, 3.05) is 0 Å². The number of rotatable bonds is 5. The van der Waals surface area contributed by atoms with Gasteiger partial charge in [-0.1, -0.05) is 6.08 Å². The monoisotopic (exact) mass is 313 g/mol. The average Bonchev–Trinajstić information content (AvgIpc) is 2.62. The van der Waals surface area contributed by atoms with E-state index in [1.807, 2.05) is 33.8 Å². The zero-order valence-corrected chi connectivity index (χ0v) is 15.5. The Hall–Kier alpha value is -0.723. The van der Waals surface area contributed by atoms with Crippen LogP contribution in [0.15, 0.2) is 12.7 Å². The largest absolute Gasteiger partial charge is 1.00 e. The molecule has 1 rings (SSSR count). The summed E-state index contributed by atoms with van der Waals surface area (Å²) in [5, 5.41) is 5.98. The summed E-state index contributed by atoms with van der Waals surface area (Å²) in [6, 6.07) is 0. The molecule has 0 spiro atoms. The van der Waals surface area contributed by atoms with E-state index < -0.39 is 5.54 Å². The third kappa shape index (κ3) is 5.13. The molecule has 5 heteroatoms. The number of hydrogen-bond donors (Lipinski definition) is 2. The summed E-state index contributed by atoms with van der Waals surface area (Å²) in [5.74, 6) is -0.109. The SMILES string of the molecule is C=CCC1C([CH2-])[C@H]([CH-]C)CC1(NC(C)=O)C(=O)NC(C)(C)C.[Li+]. The fourth-order valence-electron chi connectivity index (χ4n) is 3.49. The van der Waals surface area contributed by atoms with Gasteiger partial charge >= 0.3 is 18.9 Å². The first-order valence-electron chi connectivity index (χ1n) is 7.92. The second-order valence-corrected chi connectivity index (χ2v) is 7.35. The van der Waals surface area contributed by atoms with Crippen molar-refractivity contribution in [1.29, 1.82) is 0 Å². The van der Waals surface area contributed by atoms with Crippen LogP contribution in [0.5, 0.6) is 0 Å². The van der Waals surface area contributed by atoms with Gasteiger partial charge in [0.25, 0.3) is 0 Å². The smallest absolute Gasteiger partial charge is 0.349 e. The Morgan fingerprint density at radius 1 is 1.43 bits per heavy atom. The van der Waals surface area contributed by atoms with Crippen LogP contribution in [0, 0.1) is 31.1 Å². The number of allylic oxidation sites excluding steroid dienone is 1. The molecule has 1 fully saturated rings. The Labute approximate surface area is 153 Å². The molecule has 0 aromatic carbocycles. The van der Waals surface area contributed by atoms with E-state index in [2.05, 4.69) is 30.6 Å². The maximum absolute atomic E-state index is 13.0. The molecule has 4 atom stereocenters. The van der Waals surface area contributed by atoms with E-state index in [0.717, 1.165) is 0 Å². The van der Waals surface area contributed by atoms with Crippen molar-refractivity contribution in [2.45, 2.75) is 58.5 Å². The van der Waals surface area contributed by atoms with Crippen molar-refractivity contribution >= 4 is 11.8 Å². The summed E-state index contributed by atoms with van der Waals surface area (Å²) in [6.07, 6.45) is 5.12. The van der Waals surface area contributed by atoms with E-state index >= 15 is 0 Å². The summed E-state index contributed by atoms with van der Waals surface area (Å²) in [4.78, 5) is 24.8. The molecule has 0 radical (unpaired) electrons. The van der Waals surface area contributed by atoms with Crippen LogP contribution in [0.4, 0.5) is 0 Å². The second-order valence-electron chi connectivity index (χ2n) is 7.35. The van der Waals surface area contributed by atoms with Crippen molar-refractivity contribution in [3.05, 3.63) is 26.0 Å². The second kappa shape index (κ2) is 8.40. The van der Waals surface area contributed by atoms with Gasteiger partial charge < -0.3 is 24.0 Å². The van der Waals surface area contributed by atoms with Crippen molar-refractivity contribution in [3.8, 4) is 0 Å². The van der Waals surface area contributed by atoms with Crippen LogP contribution >= 0.6 is 0 Å². The van der Waals surface area contributed by atoms with Gasteiger partial charge in [-0.25, -0.2) is 0 Å². The Kier molecular flexibility index (Phi) is 8.13. The molecule has 2 N–H and O–H groups in total. The van der Waals surface area contributed by atoms with Gasteiger partial charge in [-0.3, -0.25) is 9.59 Å². The number of carbonyl (C=O) groups excluding carboxylic acids is 2. The molecule has 1 aliphatic rings. The molecular weight excluding hydrogens is 283 g/mol. The molecule has 0 aromatic heterocycles. The first-order chi connectivity index (χ1) is 10.1. The van der Waals surface area contributed by atoms with E-state index in [-0.39, 0.29) is 54.0 Å². The van der Waals surface area contributed by atoms with Gasteiger partial charge in [0, 0.05) is 12.5 Å². The van der Waals surface area contributed by atoms with E-state index in [9.17, 15) is 9.59 Å². The van der Waals surface area contributed by atoms with Gasteiger partial charge in [0.05, 0.1) is 0 Å². The summed E-state index contributed by atoms with van der Waals surface area (Å²) in [6.45, 7) is 17.3. The van der Waals surface area contributed by atoms with E-state index in [4.69, 9.17) is 0 Å². The van der Waals surface area contributed by atoms with Crippen molar-refractivity contribution in [3.63, 3.8) is 0 Å². The van der Waals surface area contributed by atoms with Crippen molar-refractivity contribution < 1.29 is 28.4 Å². The minimum absolute atomic E-state index is 0. The van der Waals surface area contributed by atoms with Crippen LogP contribution in [-0.4, -0.2) is 22.9 Å². The zero-order chi connectivity index (χ0) is 17.1. The quantitative estimate of drug-likeness (QED) is 0.415. The molecule has 1 aliphatic carbocycles. The summed E-state index contributed by atoms with van der Waals surface area (Å²) in [7, 11) is 0. The number of carbonyl (C=O) groups is 2. The van der Waals surface area contributed by atoms with Gasteiger partial charge in [-0.05, 0) is 39.5 Å². The van der Waals surface area contributed by atoms with Crippen LogP contribution in [-0.2, 0) is 9.59 Å². The molecule has 1 saturated carbocycles. The fourth-order valence-corrected chi connectivity index (χ4v) is 3.49. The van der Waals surface area contributed by atoms with Gasteiger partial charge in [-0.2, -0.15) is 18.8 Å². The summed E-state index contributed by atoms with van der Waals surface area (Å²) >= 11 is 0. The van der Waals surface area contributed by atoms with Crippen LogP contribution in [0.25, 0.3) is 0 Å². The molecule has 0 aliphatic heterocycles. The number of nitrogens with one attached hydrogen (secondary N) is 2. The molecule has 3 unspecified atom stereocenters. The molecule has 0 heterocycles. The Morgan fingerprint density at radius 3 is 2.39 bits per heavy atom. The molecule has 126 valence electrons. The van der Waals surface area contributed by atoms with Crippen molar-refractivity contribution in [2.24, 2.45) is 17.8 Å². The Morgan fingerprint density at radius 2 is 2.00 bits per heavy atom. The normalized spacial score (nSPS) is 30.3. The minimum atomic E-state index is -0.920. The van der Waals surface area contributed by atoms with Crippen LogP contribution in [0.1, 0.15) is 47.5 Å². The van der Waals surface area contributed by atoms with Gasteiger partial charge in [-0.15, -0.1) is 6.58 Å². The van der Waals surface area contributed by atoms with Crippen LogP contribution in [0.2, 0.25) is 0 Å². The van der Waals surface area contributed by atoms with Gasteiger partial charge in [0.2, 0.25) is 11.8 Å². The molecule has 0 saturated heterocycles. The maximum Gasteiger partial charge on any atom is 1.00 e. The predicted octanol–water partition coefficient (Wildman–Crippen LogP) is -0.333.